The molecule has 0 unspecified atom stereocenters. The molecule has 1 heterocycles. The molecule has 0 bridgehead atoms. The summed E-state index contributed by atoms with van der Waals surface area (Å²) in [5, 5.41) is 0. The van der Waals surface area contributed by atoms with Gasteiger partial charge in [-0.1, -0.05) is 25.3 Å². The molecule has 0 saturated carbocycles. The fourth-order valence-electron chi connectivity index (χ4n) is 0.899. The van der Waals surface area contributed by atoms with Crippen molar-refractivity contribution in [3.8, 4) is 0 Å². The van der Waals surface area contributed by atoms with Gasteiger partial charge in [0, 0.05) is 0 Å². The number of allylic oxidation sites excluding steroid dienone is 2. The van der Waals surface area contributed by atoms with Gasteiger partial charge in [-0.2, -0.15) is 8.42 Å². The first kappa shape index (κ1) is 8.55. The zero-order valence-electron chi connectivity index (χ0n) is 6.19. The lowest BCUT2D eigenvalue weighted by atomic mass is 9.48. The van der Waals surface area contributed by atoms with Gasteiger partial charge >= 0.3 is 0 Å². The fourth-order valence-corrected chi connectivity index (χ4v) is 1.46. The summed E-state index contributed by atoms with van der Waals surface area (Å²) in [5.74, 6) is 1.77. The smallest absolute Gasteiger partial charge is 0.282 e. The maximum absolute atomic E-state index is 10.5. The minimum Gasteiger partial charge on any atom is -0.282 e. The van der Waals surface area contributed by atoms with Crippen molar-refractivity contribution >= 4 is 16.8 Å². The van der Waals surface area contributed by atoms with E-state index >= 15 is 0 Å². The lowest BCUT2D eigenvalue weighted by molar-refractivity contribution is 0.492. The fraction of sp³-hybridized carbons (Fsp3) is 0.333. The molecule has 0 aromatic rings. The quantitative estimate of drug-likeness (QED) is 0.474. The zero-order chi connectivity index (χ0) is 8.48. The van der Waals surface area contributed by atoms with Crippen molar-refractivity contribution in [2.45, 2.75) is 13.1 Å². The largest absolute Gasteiger partial charge is 0.294 e. The van der Waals surface area contributed by atoms with Gasteiger partial charge in [-0.25, -0.2) is 0 Å². The van der Waals surface area contributed by atoms with Gasteiger partial charge in [0.1, 0.15) is 0 Å². The van der Waals surface area contributed by atoms with Crippen LogP contribution >= 0.6 is 0 Å². The Morgan fingerprint density at radius 1 is 1.64 bits per heavy atom. The van der Waals surface area contributed by atoms with E-state index in [1.54, 1.807) is 5.98 Å². The zero-order valence-corrected chi connectivity index (χ0v) is 7.00. The van der Waals surface area contributed by atoms with E-state index in [0.717, 1.165) is 0 Å². The Bertz CT molecular complexity index is 302. The Balaban J connectivity index is 2.89. The van der Waals surface area contributed by atoms with E-state index in [2.05, 4.69) is 0 Å². The van der Waals surface area contributed by atoms with Crippen LogP contribution < -0.4 is 0 Å². The van der Waals surface area contributed by atoms with Gasteiger partial charge in [0.05, 0.1) is 4.91 Å². The maximum Gasteiger partial charge on any atom is 0.294 e. The van der Waals surface area contributed by atoms with Gasteiger partial charge in [0.25, 0.3) is 10.1 Å². The normalized spacial score (nSPS) is 18.4. The Labute approximate surface area is 66.6 Å². The highest BCUT2D eigenvalue weighted by Crippen LogP contribution is 2.14. The van der Waals surface area contributed by atoms with Crippen LogP contribution in [0.3, 0.4) is 0 Å². The molecule has 0 saturated heterocycles. The van der Waals surface area contributed by atoms with Crippen molar-refractivity contribution in [3.05, 3.63) is 23.0 Å². The van der Waals surface area contributed by atoms with Crippen LogP contribution in [0, 0.1) is 0 Å². The maximum atomic E-state index is 10.5. The van der Waals surface area contributed by atoms with E-state index in [1.165, 1.54) is 12.2 Å². The summed E-state index contributed by atoms with van der Waals surface area (Å²) in [5.41, 5.74) is 0. The lowest BCUT2D eigenvalue weighted by Crippen LogP contribution is -2.09. The van der Waals surface area contributed by atoms with E-state index in [1.807, 2.05) is 6.82 Å². The van der Waals surface area contributed by atoms with Crippen LogP contribution in [0.15, 0.2) is 23.0 Å². The first-order valence-corrected chi connectivity index (χ1v) is 4.80. The molecule has 0 aliphatic carbocycles. The number of rotatable bonds is 1. The monoisotopic (exact) mass is 172 g/mol. The summed E-state index contributed by atoms with van der Waals surface area (Å²) in [7, 11) is -3.97. The van der Waals surface area contributed by atoms with Gasteiger partial charge in [-0.05, 0) is 0 Å². The van der Waals surface area contributed by atoms with Crippen LogP contribution in [-0.2, 0) is 10.1 Å². The average molecular weight is 172 g/mol. The second kappa shape index (κ2) is 2.83. The van der Waals surface area contributed by atoms with Gasteiger partial charge in [0.15, 0.2) is 6.71 Å². The van der Waals surface area contributed by atoms with Gasteiger partial charge < -0.3 is 0 Å². The summed E-state index contributed by atoms with van der Waals surface area (Å²) in [6.45, 7) is 2.34. The summed E-state index contributed by atoms with van der Waals surface area (Å²) in [6.07, 6.45) is 3.63. The van der Waals surface area contributed by atoms with Gasteiger partial charge in [-0.3, -0.25) is 4.55 Å². The van der Waals surface area contributed by atoms with Crippen molar-refractivity contribution in [1.82, 2.24) is 0 Å². The van der Waals surface area contributed by atoms with Gasteiger partial charge in [0.2, 0.25) is 0 Å². The highest BCUT2D eigenvalue weighted by Gasteiger charge is 2.14. The molecule has 0 fully saturated rings. The van der Waals surface area contributed by atoms with Crippen LogP contribution in [0.5, 0.6) is 0 Å². The van der Waals surface area contributed by atoms with Crippen LogP contribution in [-0.4, -0.2) is 19.7 Å². The van der Waals surface area contributed by atoms with E-state index in [9.17, 15) is 8.42 Å². The molecule has 1 aliphatic rings. The molecular formula is C6H9BO3S. The number of hydrogen-bond donors (Lipinski definition) is 1. The van der Waals surface area contributed by atoms with Crippen molar-refractivity contribution in [2.24, 2.45) is 0 Å². The third-order valence-corrected chi connectivity index (χ3v) is 2.48. The molecule has 0 spiro atoms. The molecule has 60 valence electrons. The molecule has 11 heavy (non-hydrogen) atoms. The number of hydrogen-bond acceptors (Lipinski definition) is 2. The van der Waals surface area contributed by atoms with Crippen molar-refractivity contribution in [3.63, 3.8) is 0 Å². The highest BCUT2D eigenvalue weighted by molar-refractivity contribution is 7.90. The predicted molar refractivity (Wildman–Crippen MR) is 45.2 cm³/mol. The van der Waals surface area contributed by atoms with Crippen molar-refractivity contribution < 1.29 is 13.0 Å². The molecule has 0 aromatic heterocycles. The first-order chi connectivity index (χ1) is 5.00. The summed E-state index contributed by atoms with van der Waals surface area (Å²) in [6, 6.07) is 0. The SMILES string of the molecule is CB1C=CC(S(=O)(=O)O)=CC1. The molecule has 3 nitrogen and oxygen atoms in total. The lowest BCUT2D eigenvalue weighted by Gasteiger charge is -2.05. The molecule has 1 aliphatic heterocycles. The first-order valence-electron chi connectivity index (χ1n) is 3.36. The molecule has 0 atom stereocenters. The van der Waals surface area contributed by atoms with Gasteiger partial charge in [-0.15, -0.1) is 5.98 Å². The van der Waals surface area contributed by atoms with Crippen LogP contribution in [0.1, 0.15) is 0 Å². The predicted octanol–water partition coefficient (Wildman–Crippen LogP) is 0.992. The molecule has 5 heteroatoms. The van der Waals surface area contributed by atoms with Crippen molar-refractivity contribution in [1.29, 1.82) is 0 Å². The van der Waals surface area contributed by atoms with E-state index in [-0.39, 0.29) is 4.91 Å². The molecule has 1 rings (SSSR count). The third-order valence-electron chi connectivity index (χ3n) is 1.58. The Kier molecular flexibility index (Phi) is 2.20. The van der Waals surface area contributed by atoms with Crippen LogP contribution in [0.4, 0.5) is 0 Å². The Hall–Kier alpha value is -0.545. The van der Waals surface area contributed by atoms with E-state index in [0.29, 0.717) is 13.0 Å². The highest BCUT2D eigenvalue weighted by atomic mass is 32.2. The molecule has 0 amide bonds. The summed E-state index contributed by atoms with van der Waals surface area (Å²) >= 11 is 0. The Morgan fingerprint density at radius 3 is 2.64 bits per heavy atom. The Morgan fingerprint density at radius 2 is 2.27 bits per heavy atom. The summed E-state index contributed by atoms with van der Waals surface area (Å²) < 4.78 is 29.6. The second-order valence-corrected chi connectivity index (χ2v) is 4.08. The van der Waals surface area contributed by atoms with Crippen molar-refractivity contribution in [2.75, 3.05) is 0 Å². The minimum atomic E-state index is -3.97. The minimum absolute atomic E-state index is 0.00981. The third kappa shape index (κ3) is 2.20. The second-order valence-electron chi connectivity index (χ2n) is 2.65. The standard InChI is InChI=1S/C6H9BO3S/c1-7-4-2-6(3-5-7)11(8,9)10/h2-4H,5H2,1H3,(H,8,9,10). The van der Waals surface area contributed by atoms with Crippen LogP contribution in [0.2, 0.25) is 13.1 Å². The average Bonchev–Trinajstić information content (AvgIpc) is 1.86. The van der Waals surface area contributed by atoms with E-state index < -0.39 is 10.1 Å². The van der Waals surface area contributed by atoms with Crippen LogP contribution in [0.25, 0.3) is 0 Å². The summed E-state index contributed by atoms with van der Waals surface area (Å²) in [4.78, 5) is 0.00981. The molecular weight excluding hydrogens is 163 g/mol. The molecule has 0 aromatic carbocycles. The topological polar surface area (TPSA) is 54.4 Å². The van der Waals surface area contributed by atoms with E-state index in [4.69, 9.17) is 4.55 Å². The molecule has 0 radical (unpaired) electrons. The molecule has 1 N–H and O–H groups in total.